The third-order valence-corrected chi connectivity index (χ3v) is 4.86. The van der Waals surface area contributed by atoms with Crippen LogP contribution in [0, 0.1) is 5.92 Å². The maximum absolute atomic E-state index is 12.2. The molecule has 0 saturated carbocycles. The van der Waals surface area contributed by atoms with Gasteiger partial charge in [0.05, 0.1) is 12.7 Å². The highest BCUT2D eigenvalue weighted by atomic mass is 16.2. The third kappa shape index (κ3) is 3.57. The van der Waals surface area contributed by atoms with Gasteiger partial charge in [0.25, 0.3) is 0 Å². The highest BCUT2D eigenvalue weighted by Gasteiger charge is 2.18. The van der Waals surface area contributed by atoms with Crippen molar-refractivity contribution in [2.45, 2.75) is 51.7 Å². The van der Waals surface area contributed by atoms with Crippen molar-refractivity contribution in [2.24, 2.45) is 5.92 Å². The molecule has 4 rings (SSSR count). The summed E-state index contributed by atoms with van der Waals surface area (Å²) in [6, 6.07) is 1.58. The number of allylic oxidation sites excluding steroid dienone is 2. The van der Waals surface area contributed by atoms with E-state index in [1.807, 2.05) is 10.7 Å². The molecule has 1 atom stereocenters. The Morgan fingerprint density at radius 1 is 1.32 bits per heavy atom. The Morgan fingerprint density at radius 3 is 3.16 bits per heavy atom. The molecule has 0 radical (unpaired) electrons. The fraction of sp³-hybridized carbons (Fsp3) is 0.529. The summed E-state index contributed by atoms with van der Waals surface area (Å²) in [5.41, 5.74) is 0. The Labute approximate surface area is 146 Å². The van der Waals surface area contributed by atoms with Gasteiger partial charge in [0.2, 0.25) is 0 Å². The summed E-state index contributed by atoms with van der Waals surface area (Å²) in [6.07, 6.45) is 11.6. The van der Waals surface area contributed by atoms with E-state index >= 15 is 0 Å². The molecule has 0 saturated heterocycles. The van der Waals surface area contributed by atoms with Crippen LogP contribution in [0.1, 0.15) is 37.3 Å². The lowest BCUT2D eigenvalue weighted by Crippen LogP contribution is -2.30. The van der Waals surface area contributed by atoms with Crippen LogP contribution in [0.25, 0.3) is 0 Å². The van der Waals surface area contributed by atoms with Gasteiger partial charge in [0, 0.05) is 25.6 Å². The van der Waals surface area contributed by atoms with Gasteiger partial charge in [0.15, 0.2) is 5.82 Å². The molecule has 8 nitrogen and oxygen atoms in total. The molecule has 2 aliphatic rings. The molecule has 8 heteroatoms. The van der Waals surface area contributed by atoms with E-state index in [-0.39, 0.29) is 6.03 Å². The van der Waals surface area contributed by atoms with E-state index in [1.54, 1.807) is 6.20 Å². The maximum Gasteiger partial charge on any atom is 0.320 e. The summed E-state index contributed by atoms with van der Waals surface area (Å²) in [5.74, 6) is 3.12. The second-order valence-corrected chi connectivity index (χ2v) is 6.64. The number of carbonyl (C=O) groups is 1. The van der Waals surface area contributed by atoms with Gasteiger partial charge in [-0.15, -0.1) is 10.2 Å². The molecule has 3 heterocycles. The lowest BCUT2D eigenvalue weighted by Gasteiger charge is -2.19. The van der Waals surface area contributed by atoms with Crippen LogP contribution < -0.4 is 10.6 Å². The van der Waals surface area contributed by atoms with Crippen LogP contribution in [0.2, 0.25) is 0 Å². The monoisotopic (exact) mass is 341 g/mol. The van der Waals surface area contributed by atoms with Crippen molar-refractivity contribution in [2.75, 3.05) is 5.32 Å². The predicted molar refractivity (Wildman–Crippen MR) is 92.9 cm³/mol. The molecule has 25 heavy (non-hydrogen) atoms. The fourth-order valence-electron chi connectivity index (χ4n) is 3.51. The molecule has 0 aromatic carbocycles. The number of urea groups is 1. The van der Waals surface area contributed by atoms with E-state index in [0.717, 1.165) is 56.2 Å². The van der Waals surface area contributed by atoms with Crippen molar-refractivity contribution in [3.05, 3.63) is 36.1 Å². The number of aromatic nitrogens is 5. The third-order valence-electron chi connectivity index (χ3n) is 4.86. The zero-order valence-corrected chi connectivity index (χ0v) is 14.2. The second-order valence-electron chi connectivity index (χ2n) is 6.64. The van der Waals surface area contributed by atoms with Gasteiger partial charge in [0.1, 0.15) is 11.6 Å². The molecular weight excluding hydrogens is 318 g/mol. The summed E-state index contributed by atoms with van der Waals surface area (Å²) in [5, 5.41) is 18.4. The highest BCUT2D eigenvalue weighted by molar-refractivity contribution is 5.88. The van der Waals surface area contributed by atoms with Crippen LogP contribution in [0.5, 0.6) is 0 Å². The second kappa shape index (κ2) is 7.08. The molecular formula is C17H23N7O. The van der Waals surface area contributed by atoms with E-state index in [0.29, 0.717) is 12.5 Å². The van der Waals surface area contributed by atoms with E-state index in [4.69, 9.17) is 0 Å². The van der Waals surface area contributed by atoms with Gasteiger partial charge in [-0.3, -0.25) is 5.32 Å². The first kappa shape index (κ1) is 15.9. The molecule has 1 aliphatic heterocycles. The van der Waals surface area contributed by atoms with Gasteiger partial charge in [-0.2, -0.15) is 5.10 Å². The van der Waals surface area contributed by atoms with Gasteiger partial charge < -0.3 is 9.88 Å². The topological polar surface area (TPSA) is 89.7 Å². The largest absolute Gasteiger partial charge is 0.331 e. The highest BCUT2D eigenvalue weighted by Crippen LogP contribution is 2.21. The van der Waals surface area contributed by atoms with Crippen molar-refractivity contribution < 1.29 is 4.79 Å². The first-order valence-electron chi connectivity index (χ1n) is 8.92. The standard InChI is InChI=1S/C17H23N7O/c25-17(18-11-16-22-21-15-7-4-10-23(15)16)20-14-8-9-19-24(14)12-13-5-2-1-3-6-13/h1-2,8-9,13H,3-7,10-12H2,(H2,18,20,25). The van der Waals surface area contributed by atoms with Crippen molar-refractivity contribution in [1.82, 2.24) is 29.9 Å². The summed E-state index contributed by atoms with van der Waals surface area (Å²) in [4.78, 5) is 12.2. The summed E-state index contributed by atoms with van der Waals surface area (Å²) < 4.78 is 3.96. The number of hydrogen-bond donors (Lipinski definition) is 2. The Morgan fingerprint density at radius 2 is 2.28 bits per heavy atom. The minimum atomic E-state index is -0.249. The molecule has 1 unspecified atom stereocenters. The predicted octanol–water partition coefficient (Wildman–Crippen LogP) is 2.10. The summed E-state index contributed by atoms with van der Waals surface area (Å²) in [6.45, 7) is 2.13. The Bertz CT molecular complexity index is 776. The zero-order chi connectivity index (χ0) is 17.1. The molecule has 2 aromatic rings. The first-order valence-corrected chi connectivity index (χ1v) is 8.92. The van der Waals surface area contributed by atoms with Gasteiger partial charge in [-0.1, -0.05) is 12.2 Å². The first-order chi connectivity index (χ1) is 12.3. The van der Waals surface area contributed by atoms with Crippen LogP contribution in [0.3, 0.4) is 0 Å². The Balaban J connectivity index is 1.32. The van der Waals surface area contributed by atoms with Crippen molar-refractivity contribution >= 4 is 11.8 Å². The van der Waals surface area contributed by atoms with Crippen LogP contribution in [0.4, 0.5) is 10.6 Å². The number of rotatable bonds is 5. The molecule has 0 fully saturated rings. The number of hydrogen-bond acceptors (Lipinski definition) is 4. The van der Waals surface area contributed by atoms with E-state index in [2.05, 4.69) is 42.6 Å². The number of carbonyl (C=O) groups excluding carboxylic acids is 1. The van der Waals surface area contributed by atoms with Crippen LogP contribution in [-0.2, 0) is 26.1 Å². The van der Waals surface area contributed by atoms with Gasteiger partial charge in [-0.25, -0.2) is 9.48 Å². The van der Waals surface area contributed by atoms with Crippen LogP contribution in [-0.4, -0.2) is 30.6 Å². The maximum atomic E-state index is 12.2. The Kier molecular flexibility index (Phi) is 4.49. The van der Waals surface area contributed by atoms with Crippen LogP contribution >= 0.6 is 0 Å². The molecule has 2 N–H and O–H groups in total. The molecule has 2 amide bonds. The summed E-state index contributed by atoms with van der Waals surface area (Å²) in [7, 11) is 0. The van der Waals surface area contributed by atoms with Crippen molar-refractivity contribution in [1.29, 1.82) is 0 Å². The smallest absolute Gasteiger partial charge is 0.320 e. The number of fused-ring (bicyclic) bond motifs is 1. The number of amides is 2. The number of nitrogens with one attached hydrogen (secondary N) is 2. The minimum Gasteiger partial charge on any atom is -0.331 e. The van der Waals surface area contributed by atoms with Crippen LogP contribution in [0.15, 0.2) is 24.4 Å². The van der Waals surface area contributed by atoms with Gasteiger partial charge >= 0.3 is 6.03 Å². The Hall–Kier alpha value is -2.64. The van der Waals surface area contributed by atoms with Gasteiger partial charge in [-0.05, 0) is 31.6 Å². The SMILES string of the molecule is O=C(NCc1nnc2n1CCC2)Nc1ccnn1CC1CC=CCC1. The van der Waals surface area contributed by atoms with E-state index in [9.17, 15) is 4.79 Å². The van der Waals surface area contributed by atoms with E-state index in [1.165, 1.54) is 6.42 Å². The quantitative estimate of drug-likeness (QED) is 0.815. The lowest BCUT2D eigenvalue weighted by molar-refractivity contribution is 0.251. The minimum absolute atomic E-state index is 0.249. The molecule has 0 spiro atoms. The number of nitrogens with zero attached hydrogens (tertiary/aromatic N) is 5. The van der Waals surface area contributed by atoms with E-state index < -0.39 is 0 Å². The average Bonchev–Trinajstić information content (AvgIpc) is 3.32. The molecule has 0 bridgehead atoms. The number of aryl methyl sites for hydroxylation is 1. The van der Waals surface area contributed by atoms with Crippen molar-refractivity contribution in [3.8, 4) is 0 Å². The zero-order valence-electron chi connectivity index (χ0n) is 14.2. The normalized spacial score (nSPS) is 19.0. The van der Waals surface area contributed by atoms with Crippen molar-refractivity contribution in [3.63, 3.8) is 0 Å². The molecule has 2 aromatic heterocycles. The fourth-order valence-corrected chi connectivity index (χ4v) is 3.51. The molecule has 1 aliphatic carbocycles. The lowest BCUT2D eigenvalue weighted by atomic mass is 9.94. The summed E-state index contributed by atoms with van der Waals surface area (Å²) >= 11 is 0. The average molecular weight is 341 g/mol. The molecule has 132 valence electrons. The number of anilines is 1.